The van der Waals surface area contributed by atoms with E-state index in [0.717, 1.165) is 5.56 Å². The summed E-state index contributed by atoms with van der Waals surface area (Å²) in [6, 6.07) is 36.8. The van der Waals surface area contributed by atoms with Crippen LogP contribution >= 0.6 is 0 Å². The third-order valence-corrected chi connectivity index (χ3v) is 9.23. The molecule has 1 saturated heterocycles. The number of benzene rings is 4. The minimum absolute atomic E-state index is 0.00192. The highest BCUT2D eigenvalue weighted by molar-refractivity contribution is 6.04. The van der Waals surface area contributed by atoms with Crippen molar-refractivity contribution in [3.8, 4) is 0 Å². The number of methoxy groups -OCH3 is 2. The summed E-state index contributed by atoms with van der Waals surface area (Å²) in [6.45, 7) is 1.19. The van der Waals surface area contributed by atoms with Gasteiger partial charge in [0.05, 0.1) is 12.0 Å². The lowest BCUT2D eigenvalue weighted by molar-refractivity contribution is -0.339. The SMILES string of the molecule is COC1(OC)[C@H](O)[C@@H](CO)O[C@]1(n1ccc(NC(=O)c2ccccc2C)nc1=O)C(c1ccccc1)(c1ccccc1)c1ccccc1. The van der Waals surface area contributed by atoms with Gasteiger partial charge in [-0.25, -0.2) is 4.79 Å². The lowest BCUT2D eigenvalue weighted by atomic mass is 9.59. The fourth-order valence-corrected chi connectivity index (χ4v) is 7.18. The van der Waals surface area contributed by atoms with E-state index in [1.165, 1.54) is 31.0 Å². The van der Waals surface area contributed by atoms with E-state index < -0.39 is 47.3 Å². The van der Waals surface area contributed by atoms with Gasteiger partial charge in [0.2, 0.25) is 11.5 Å². The second kappa shape index (κ2) is 13.3. The van der Waals surface area contributed by atoms with Crippen LogP contribution in [0.15, 0.2) is 132 Å². The highest BCUT2D eigenvalue weighted by Crippen LogP contribution is 2.61. The lowest BCUT2D eigenvalue weighted by Gasteiger charge is -2.55. The first-order chi connectivity index (χ1) is 23.3. The number of hydrogen-bond donors (Lipinski definition) is 3. The number of aromatic nitrogens is 2. The fraction of sp³-hybridized carbons (Fsp3) is 0.237. The molecule has 0 bridgehead atoms. The summed E-state index contributed by atoms with van der Waals surface area (Å²) in [4.78, 5) is 32.0. The van der Waals surface area contributed by atoms with E-state index >= 15 is 0 Å². The van der Waals surface area contributed by atoms with E-state index in [0.29, 0.717) is 22.3 Å². The molecule has 2 heterocycles. The zero-order valence-electron chi connectivity index (χ0n) is 26.8. The first kappa shape index (κ1) is 33.0. The number of aliphatic hydroxyl groups excluding tert-OH is 2. The van der Waals surface area contributed by atoms with Crippen LogP contribution in [0.3, 0.4) is 0 Å². The average molecular weight is 648 g/mol. The zero-order valence-corrected chi connectivity index (χ0v) is 26.8. The second-order valence-corrected chi connectivity index (χ2v) is 11.6. The Kier molecular flexibility index (Phi) is 9.11. The van der Waals surface area contributed by atoms with Gasteiger partial charge in [-0.2, -0.15) is 4.98 Å². The molecule has 0 unspecified atom stereocenters. The van der Waals surface area contributed by atoms with Crippen molar-refractivity contribution in [3.05, 3.63) is 166 Å². The molecule has 1 fully saturated rings. The van der Waals surface area contributed by atoms with Crippen LogP contribution in [0.4, 0.5) is 5.82 Å². The number of nitrogens with zero attached hydrogens (tertiary/aromatic N) is 2. The standard InChI is InChI=1S/C38H37N3O7/c1-26-15-13-14-22-30(26)34(44)39-32-23-24-41(35(45)40-32)38(37(46-2,47-3)33(43)31(25-42)48-38)36(27-16-7-4-8-17-27,28-18-9-5-10-19-28)29-20-11-6-12-21-29/h4-24,31,33,42-43H,25H2,1-3H3,(H,39,40,44,45)/t31-,33-,38-/m1/s1. The summed E-state index contributed by atoms with van der Waals surface area (Å²) in [7, 11) is 2.71. The average Bonchev–Trinajstić information content (AvgIpc) is 3.38. The molecule has 3 atom stereocenters. The van der Waals surface area contributed by atoms with Gasteiger partial charge in [-0.3, -0.25) is 9.36 Å². The van der Waals surface area contributed by atoms with Gasteiger partial charge in [0.25, 0.3) is 5.91 Å². The molecule has 246 valence electrons. The minimum Gasteiger partial charge on any atom is -0.394 e. The van der Waals surface area contributed by atoms with Crippen molar-refractivity contribution in [2.45, 2.75) is 36.1 Å². The first-order valence-corrected chi connectivity index (χ1v) is 15.5. The molecule has 10 nitrogen and oxygen atoms in total. The third kappa shape index (κ3) is 4.88. The summed E-state index contributed by atoms with van der Waals surface area (Å²) >= 11 is 0. The molecule has 5 aromatic rings. The Labute approximate surface area is 278 Å². The van der Waals surface area contributed by atoms with Crippen molar-refractivity contribution in [1.29, 1.82) is 0 Å². The summed E-state index contributed by atoms with van der Waals surface area (Å²) in [5, 5.41) is 25.3. The van der Waals surface area contributed by atoms with Crippen LogP contribution in [-0.2, 0) is 25.4 Å². The molecule has 1 aliphatic heterocycles. The van der Waals surface area contributed by atoms with Gasteiger partial charge >= 0.3 is 5.69 Å². The molecular formula is C38H37N3O7. The molecule has 0 aliphatic carbocycles. The Hall–Kier alpha value is -4.97. The van der Waals surface area contributed by atoms with Gasteiger partial charge in [-0.1, -0.05) is 109 Å². The maximum absolute atomic E-state index is 14.5. The monoisotopic (exact) mass is 647 g/mol. The number of carbonyl (C=O) groups excluding carboxylic acids is 1. The molecule has 1 amide bonds. The molecule has 6 rings (SSSR count). The molecule has 48 heavy (non-hydrogen) atoms. The Bertz CT molecular complexity index is 1830. The van der Waals surface area contributed by atoms with Gasteiger partial charge in [0.15, 0.2) is 0 Å². The normalized spacial score (nSPS) is 20.4. The summed E-state index contributed by atoms with van der Waals surface area (Å²) in [6.07, 6.45) is -1.43. The summed E-state index contributed by atoms with van der Waals surface area (Å²) in [5.74, 6) is -2.56. The van der Waals surface area contributed by atoms with Crippen molar-refractivity contribution in [2.75, 3.05) is 26.1 Å². The third-order valence-electron chi connectivity index (χ3n) is 9.23. The number of carbonyl (C=O) groups is 1. The largest absolute Gasteiger partial charge is 0.394 e. The van der Waals surface area contributed by atoms with Crippen molar-refractivity contribution in [3.63, 3.8) is 0 Å². The number of nitrogens with one attached hydrogen (secondary N) is 1. The minimum atomic E-state index is -2.13. The van der Waals surface area contributed by atoms with Crippen molar-refractivity contribution < 1.29 is 29.2 Å². The van der Waals surface area contributed by atoms with Gasteiger partial charge in [-0.05, 0) is 41.3 Å². The number of anilines is 1. The molecule has 1 aliphatic rings. The van der Waals surface area contributed by atoms with Crippen LogP contribution in [0, 0.1) is 6.92 Å². The van der Waals surface area contributed by atoms with Gasteiger partial charge in [0, 0.05) is 26.0 Å². The molecule has 4 aromatic carbocycles. The van der Waals surface area contributed by atoms with Crippen LogP contribution in [-0.4, -0.2) is 64.5 Å². The fourth-order valence-electron chi connectivity index (χ4n) is 7.18. The van der Waals surface area contributed by atoms with Crippen molar-refractivity contribution in [1.82, 2.24) is 9.55 Å². The van der Waals surface area contributed by atoms with Crippen LogP contribution in [0.25, 0.3) is 0 Å². The molecule has 0 radical (unpaired) electrons. The maximum Gasteiger partial charge on any atom is 0.352 e. The van der Waals surface area contributed by atoms with Crippen molar-refractivity contribution >= 4 is 11.7 Å². The van der Waals surface area contributed by atoms with Crippen LogP contribution in [0.1, 0.15) is 32.6 Å². The Morgan fingerprint density at radius 3 is 1.81 bits per heavy atom. The topological polar surface area (TPSA) is 132 Å². The van der Waals surface area contributed by atoms with E-state index in [1.54, 1.807) is 12.1 Å². The van der Waals surface area contributed by atoms with Crippen LogP contribution < -0.4 is 11.0 Å². The van der Waals surface area contributed by atoms with Gasteiger partial charge in [-0.15, -0.1) is 0 Å². The predicted molar refractivity (Wildman–Crippen MR) is 180 cm³/mol. The number of amides is 1. The highest BCUT2D eigenvalue weighted by Gasteiger charge is 2.78. The van der Waals surface area contributed by atoms with Gasteiger partial charge in [0.1, 0.15) is 18.0 Å². The van der Waals surface area contributed by atoms with Crippen molar-refractivity contribution in [2.24, 2.45) is 0 Å². The molecule has 0 spiro atoms. The Morgan fingerprint density at radius 1 is 0.854 bits per heavy atom. The van der Waals surface area contributed by atoms with Crippen LogP contribution in [0.5, 0.6) is 0 Å². The second-order valence-electron chi connectivity index (χ2n) is 11.6. The Balaban J connectivity index is 1.72. The quantitative estimate of drug-likeness (QED) is 0.152. The van der Waals surface area contributed by atoms with E-state index in [2.05, 4.69) is 10.3 Å². The lowest BCUT2D eigenvalue weighted by Crippen LogP contribution is -2.71. The van der Waals surface area contributed by atoms with Crippen LogP contribution in [0.2, 0.25) is 0 Å². The molecule has 10 heteroatoms. The molecular weight excluding hydrogens is 610 g/mol. The number of hydrogen-bond acceptors (Lipinski definition) is 8. The molecule has 1 aromatic heterocycles. The smallest absolute Gasteiger partial charge is 0.352 e. The first-order valence-electron chi connectivity index (χ1n) is 15.5. The number of rotatable bonds is 10. The maximum atomic E-state index is 14.5. The number of aliphatic hydroxyl groups is 2. The van der Waals surface area contributed by atoms with E-state index in [9.17, 15) is 19.8 Å². The summed E-state index contributed by atoms with van der Waals surface area (Å²) in [5.41, 5.74) is -1.29. The van der Waals surface area contributed by atoms with E-state index in [1.807, 2.05) is 110 Å². The van der Waals surface area contributed by atoms with E-state index in [-0.39, 0.29) is 5.82 Å². The zero-order chi connectivity index (χ0) is 33.9. The molecule has 3 N–H and O–H groups in total. The predicted octanol–water partition coefficient (Wildman–Crippen LogP) is 4.23. The van der Waals surface area contributed by atoms with Gasteiger partial charge < -0.3 is 29.7 Å². The highest BCUT2D eigenvalue weighted by atomic mass is 16.7. The molecule has 0 saturated carbocycles. The van der Waals surface area contributed by atoms with E-state index in [4.69, 9.17) is 14.2 Å². The number of aryl methyl sites for hydroxylation is 1. The Morgan fingerprint density at radius 2 is 1.35 bits per heavy atom. The number of ether oxygens (including phenoxy) is 3. The summed E-state index contributed by atoms with van der Waals surface area (Å²) < 4.78 is 20.5.